The molecule has 1 amide bonds. The molecule has 0 fully saturated rings. The summed E-state index contributed by atoms with van der Waals surface area (Å²) in [6, 6.07) is 13.8. The summed E-state index contributed by atoms with van der Waals surface area (Å²) in [7, 11) is 1.76. The summed E-state index contributed by atoms with van der Waals surface area (Å²) in [5.41, 5.74) is 2.67. The van der Waals surface area contributed by atoms with Crippen molar-refractivity contribution in [3.05, 3.63) is 63.6 Å². The quantitative estimate of drug-likeness (QED) is 0.242. The molecule has 0 aliphatic rings. The van der Waals surface area contributed by atoms with Crippen molar-refractivity contribution in [1.29, 1.82) is 0 Å². The lowest BCUT2D eigenvalue weighted by Crippen LogP contribution is -2.28. The Morgan fingerprint density at radius 3 is 1.78 bits per heavy atom. The molecule has 0 N–H and O–H groups in total. The third-order valence-electron chi connectivity index (χ3n) is 4.33. The average molecular weight is 577 g/mol. The maximum Gasteiger partial charge on any atom is 0.409 e. The number of hydrogen-bond acceptors (Lipinski definition) is 3. The molecule has 0 saturated carbocycles. The molecule has 3 nitrogen and oxygen atoms in total. The molecule has 6 heteroatoms. The van der Waals surface area contributed by atoms with Crippen LogP contribution in [-0.2, 0) is 11.2 Å². The van der Waals surface area contributed by atoms with Gasteiger partial charge >= 0.3 is 6.09 Å². The Hall–Kier alpha value is -1.36. The number of nitrogens with zero attached hydrogens (tertiary/aromatic N) is 1. The molecular formula is C31H55Cl2NO2S. The minimum Gasteiger partial charge on any atom is -0.449 e. The fourth-order valence-electron chi connectivity index (χ4n) is 2.47. The molecule has 0 aliphatic carbocycles. The summed E-state index contributed by atoms with van der Waals surface area (Å²) in [5, 5.41) is 1.63. The largest absolute Gasteiger partial charge is 0.449 e. The number of carbonyl (C=O) groups is 1. The molecule has 2 aromatic carbocycles. The molecule has 0 unspecified atom stereocenters. The van der Waals surface area contributed by atoms with Crippen molar-refractivity contribution < 1.29 is 9.53 Å². The zero-order chi connectivity index (χ0) is 29.6. The Kier molecular flexibility index (Phi) is 37.7. The molecule has 2 rings (SSSR count). The van der Waals surface area contributed by atoms with Gasteiger partial charge in [-0.25, -0.2) is 4.79 Å². The van der Waals surface area contributed by atoms with Crippen LogP contribution in [0.25, 0.3) is 0 Å². The predicted octanol–water partition coefficient (Wildman–Crippen LogP) is 11.6. The van der Waals surface area contributed by atoms with E-state index in [4.69, 9.17) is 27.9 Å². The van der Waals surface area contributed by atoms with Gasteiger partial charge in [0.1, 0.15) is 0 Å². The lowest BCUT2D eigenvalue weighted by molar-refractivity contribution is 0.110. The molecule has 0 radical (unpaired) electrons. The van der Waals surface area contributed by atoms with E-state index in [1.165, 1.54) is 16.0 Å². The zero-order valence-corrected chi connectivity index (χ0v) is 28.0. The van der Waals surface area contributed by atoms with E-state index in [1.54, 1.807) is 23.7 Å². The van der Waals surface area contributed by atoms with Crippen LogP contribution >= 0.6 is 35.0 Å². The molecule has 0 spiro atoms. The van der Waals surface area contributed by atoms with Crippen LogP contribution in [-0.4, -0.2) is 37.4 Å². The van der Waals surface area contributed by atoms with Crippen LogP contribution in [0, 0.1) is 6.92 Å². The third-order valence-corrected chi connectivity index (χ3v) is 5.56. The summed E-state index contributed by atoms with van der Waals surface area (Å²) in [5.74, 6) is 0. The number of halogens is 2. The van der Waals surface area contributed by atoms with Crippen molar-refractivity contribution in [2.75, 3.05) is 26.5 Å². The second-order valence-electron chi connectivity index (χ2n) is 6.97. The highest BCUT2D eigenvalue weighted by Crippen LogP contribution is 2.17. The van der Waals surface area contributed by atoms with Crippen LogP contribution in [0.15, 0.2) is 47.4 Å². The number of benzene rings is 2. The van der Waals surface area contributed by atoms with Crippen molar-refractivity contribution in [3.63, 3.8) is 0 Å². The number of aryl methyl sites for hydroxylation is 2. The molecule has 0 atom stereocenters. The van der Waals surface area contributed by atoms with Crippen LogP contribution in [0.3, 0.4) is 0 Å². The minimum absolute atomic E-state index is 0.203. The highest BCUT2D eigenvalue weighted by Gasteiger charge is 2.06. The van der Waals surface area contributed by atoms with Crippen LogP contribution in [0.4, 0.5) is 4.79 Å². The standard InChI is InChI=1S/C9H11Cl.C9H19NO2.C7H7ClS.3C2H6/c1-3-8-4-5-9(10)6-7(8)2;1-4-6-8-12-9(11)10(3)7-5-2;1-9-7-4-2-6(8)3-5-7;3*1-2/h4-6H,3H2,1-2H3;4-8H2,1-3H3;2-5H,1H3;3*1-2H3. The average Bonchev–Trinajstić information content (AvgIpc) is 2.93. The van der Waals surface area contributed by atoms with Crippen LogP contribution < -0.4 is 0 Å². The number of carbonyl (C=O) groups excluding carboxylic acids is 1. The van der Waals surface area contributed by atoms with E-state index in [-0.39, 0.29) is 6.09 Å². The lowest BCUT2D eigenvalue weighted by atomic mass is 10.1. The van der Waals surface area contributed by atoms with Crippen molar-refractivity contribution in [2.45, 2.75) is 99.8 Å². The van der Waals surface area contributed by atoms with E-state index in [1.807, 2.05) is 91.1 Å². The fraction of sp³-hybridized carbons (Fsp3) is 0.581. The van der Waals surface area contributed by atoms with Crippen LogP contribution in [0.2, 0.25) is 10.0 Å². The Labute approximate surface area is 244 Å². The molecule has 0 heterocycles. The molecule has 2 aromatic rings. The highest BCUT2D eigenvalue weighted by atomic mass is 35.5. The van der Waals surface area contributed by atoms with Gasteiger partial charge in [-0.05, 0) is 80.0 Å². The Morgan fingerprint density at radius 1 is 0.865 bits per heavy atom. The van der Waals surface area contributed by atoms with Crippen molar-refractivity contribution >= 4 is 41.1 Å². The Bertz CT molecular complexity index is 740. The van der Waals surface area contributed by atoms with E-state index < -0.39 is 0 Å². The second kappa shape index (κ2) is 32.7. The van der Waals surface area contributed by atoms with E-state index in [0.717, 1.165) is 42.3 Å². The smallest absolute Gasteiger partial charge is 0.409 e. The normalized spacial score (nSPS) is 8.59. The first-order valence-electron chi connectivity index (χ1n) is 13.7. The van der Waals surface area contributed by atoms with E-state index in [9.17, 15) is 4.79 Å². The molecular weight excluding hydrogens is 521 g/mol. The predicted molar refractivity (Wildman–Crippen MR) is 172 cm³/mol. The van der Waals surface area contributed by atoms with Gasteiger partial charge in [-0.15, -0.1) is 11.8 Å². The molecule has 0 aliphatic heterocycles. The van der Waals surface area contributed by atoms with Crippen LogP contribution in [0.1, 0.15) is 92.7 Å². The monoisotopic (exact) mass is 575 g/mol. The summed E-state index contributed by atoms with van der Waals surface area (Å²) in [6.45, 7) is 21.7. The van der Waals surface area contributed by atoms with Gasteiger partial charge in [-0.1, -0.05) is 98.0 Å². The number of hydrogen-bond donors (Lipinski definition) is 0. The number of rotatable bonds is 7. The van der Waals surface area contributed by atoms with E-state index in [0.29, 0.717) is 6.61 Å². The Morgan fingerprint density at radius 2 is 1.38 bits per heavy atom. The number of thioether (sulfide) groups is 1. The fourth-order valence-corrected chi connectivity index (χ4v) is 3.23. The van der Waals surface area contributed by atoms with Crippen molar-refractivity contribution in [1.82, 2.24) is 4.90 Å². The summed E-state index contributed by atoms with van der Waals surface area (Å²) in [4.78, 5) is 14.0. The zero-order valence-electron chi connectivity index (χ0n) is 25.7. The van der Waals surface area contributed by atoms with E-state index in [2.05, 4.69) is 26.8 Å². The number of amides is 1. The molecule has 0 bridgehead atoms. The lowest BCUT2D eigenvalue weighted by Gasteiger charge is -2.15. The van der Waals surface area contributed by atoms with Gasteiger partial charge in [0.15, 0.2) is 0 Å². The summed E-state index contributed by atoms with van der Waals surface area (Å²) < 4.78 is 4.98. The van der Waals surface area contributed by atoms with Gasteiger partial charge in [-0.2, -0.15) is 0 Å². The minimum atomic E-state index is -0.203. The summed E-state index contributed by atoms with van der Waals surface area (Å²) >= 11 is 13.2. The van der Waals surface area contributed by atoms with E-state index >= 15 is 0 Å². The molecule has 0 aromatic heterocycles. The SMILES string of the molecule is CC.CC.CC.CCCCOC(=O)N(C)CCC.CCc1ccc(Cl)cc1C.CSc1ccc(Cl)cc1. The van der Waals surface area contributed by atoms with Gasteiger partial charge in [0.25, 0.3) is 0 Å². The maximum absolute atomic E-state index is 11.1. The van der Waals surface area contributed by atoms with Gasteiger partial charge in [-0.3, -0.25) is 0 Å². The third kappa shape index (κ3) is 26.0. The van der Waals surface area contributed by atoms with Gasteiger partial charge in [0.05, 0.1) is 6.61 Å². The topological polar surface area (TPSA) is 29.5 Å². The highest BCUT2D eigenvalue weighted by molar-refractivity contribution is 7.98. The maximum atomic E-state index is 11.1. The summed E-state index contributed by atoms with van der Waals surface area (Å²) in [6.07, 6.45) is 5.91. The first-order valence-corrected chi connectivity index (χ1v) is 15.7. The van der Waals surface area contributed by atoms with Gasteiger partial charge in [0.2, 0.25) is 0 Å². The first-order chi connectivity index (χ1) is 17.8. The van der Waals surface area contributed by atoms with Gasteiger partial charge < -0.3 is 9.64 Å². The number of unbranched alkanes of at least 4 members (excludes halogenated alkanes) is 1. The Balaban J connectivity index is -0.000000201. The second-order valence-corrected chi connectivity index (χ2v) is 8.72. The molecule has 216 valence electrons. The van der Waals surface area contributed by atoms with Crippen molar-refractivity contribution in [3.8, 4) is 0 Å². The van der Waals surface area contributed by atoms with Crippen LogP contribution in [0.5, 0.6) is 0 Å². The number of ether oxygens (including phenoxy) is 1. The first kappa shape index (κ1) is 42.7. The van der Waals surface area contributed by atoms with Crippen molar-refractivity contribution in [2.24, 2.45) is 0 Å². The molecule has 0 saturated heterocycles. The molecule has 37 heavy (non-hydrogen) atoms. The van der Waals surface area contributed by atoms with Gasteiger partial charge in [0, 0.05) is 28.5 Å².